The van der Waals surface area contributed by atoms with Crippen molar-refractivity contribution < 1.29 is 17.6 Å². The van der Waals surface area contributed by atoms with Crippen LogP contribution >= 0.6 is 15.9 Å². The highest BCUT2D eigenvalue weighted by Crippen LogP contribution is 2.19. The van der Waals surface area contributed by atoms with Crippen LogP contribution in [0.3, 0.4) is 0 Å². The molecule has 0 aromatic heterocycles. The van der Waals surface area contributed by atoms with Gasteiger partial charge < -0.3 is 4.90 Å². The molecule has 2 aromatic rings. The summed E-state index contributed by atoms with van der Waals surface area (Å²) < 4.78 is 41.8. The first-order valence-electron chi connectivity index (χ1n) is 8.84. The molecule has 28 heavy (non-hydrogen) atoms. The highest BCUT2D eigenvalue weighted by molar-refractivity contribution is 9.10. The van der Waals surface area contributed by atoms with E-state index in [1.165, 1.54) is 24.3 Å². The SMILES string of the molecule is O=C(/C=C/c1ccccc1Br)N1CCCC(NS(=O)(=O)c2cccc(F)c2)C1. The monoisotopic (exact) mass is 466 g/mol. The van der Waals surface area contributed by atoms with Crippen LogP contribution in [0.2, 0.25) is 0 Å². The number of carbonyl (C=O) groups is 1. The second-order valence-electron chi connectivity index (χ2n) is 6.56. The molecule has 1 N–H and O–H groups in total. The molecular weight excluding hydrogens is 447 g/mol. The van der Waals surface area contributed by atoms with Gasteiger partial charge in [0.1, 0.15) is 5.82 Å². The minimum atomic E-state index is -3.84. The van der Waals surface area contributed by atoms with E-state index in [0.717, 1.165) is 16.1 Å². The third-order valence-electron chi connectivity index (χ3n) is 4.47. The molecule has 1 aliphatic heterocycles. The first kappa shape index (κ1) is 20.7. The Morgan fingerprint density at radius 1 is 1.21 bits per heavy atom. The summed E-state index contributed by atoms with van der Waals surface area (Å²) in [6.45, 7) is 0.838. The number of nitrogens with one attached hydrogen (secondary N) is 1. The second kappa shape index (κ2) is 8.98. The number of rotatable bonds is 5. The van der Waals surface area contributed by atoms with Crippen LogP contribution in [-0.2, 0) is 14.8 Å². The number of likely N-dealkylation sites (tertiary alicyclic amines) is 1. The number of sulfonamides is 1. The van der Waals surface area contributed by atoms with E-state index in [2.05, 4.69) is 20.7 Å². The molecule has 1 heterocycles. The van der Waals surface area contributed by atoms with E-state index in [0.29, 0.717) is 19.4 Å². The van der Waals surface area contributed by atoms with Gasteiger partial charge in [-0.1, -0.05) is 40.2 Å². The molecule has 0 bridgehead atoms. The number of hydrogen-bond acceptors (Lipinski definition) is 3. The van der Waals surface area contributed by atoms with Gasteiger partial charge in [0.25, 0.3) is 0 Å². The van der Waals surface area contributed by atoms with Crippen LogP contribution in [-0.4, -0.2) is 38.4 Å². The van der Waals surface area contributed by atoms with E-state index in [-0.39, 0.29) is 17.3 Å². The minimum Gasteiger partial charge on any atom is -0.338 e. The van der Waals surface area contributed by atoms with E-state index >= 15 is 0 Å². The Morgan fingerprint density at radius 3 is 2.75 bits per heavy atom. The molecular formula is C20H20BrFN2O3S. The summed E-state index contributed by atoms with van der Waals surface area (Å²) >= 11 is 3.43. The van der Waals surface area contributed by atoms with Gasteiger partial charge in [-0.15, -0.1) is 0 Å². The topological polar surface area (TPSA) is 66.5 Å². The lowest BCUT2D eigenvalue weighted by Crippen LogP contribution is -2.49. The zero-order chi connectivity index (χ0) is 20.1. The molecule has 3 rings (SSSR count). The summed E-state index contributed by atoms with van der Waals surface area (Å²) in [5, 5.41) is 0. The molecule has 2 aromatic carbocycles. The Morgan fingerprint density at radius 2 is 2.00 bits per heavy atom. The van der Waals surface area contributed by atoms with Gasteiger partial charge in [-0.2, -0.15) is 0 Å². The van der Waals surface area contributed by atoms with Crippen LogP contribution < -0.4 is 4.72 Å². The van der Waals surface area contributed by atoms with Gasteiger partial charge in [0.05, 0.1) is 4.90 Å². The number of hydrogen-bond donors (Lipinski definition) is 1. The van der Waals surface area contributed by atoms with E-state index < -0.39 is 21.9 Å². The lowest BCUT2D eigenvalue weighted by molar-refractivity contribution is -0.127. The Kier molecular flexibility index (Phi) is 6.64. The number of carbonyl (C=O) groups excluding carboxylic acids is 1. The average molecular weight is 467 g/mol. The predicted molar refractivity (Wildman–Crippen MR) is 109 cm³/mol. The zero-order valence-corrected chi connectivity index (χ0v) is 17.4. The molecule has 8 heteroatoms. The third kappa shape index (κ3) is 5.27. The van der Waals surface area contributed by atoms with Crippen LogP contribution in [0.1, 0.15) is 18.4 Å². The number of benzene rings is 2. The predicted octanol–water partition coefficient (Wildman–Crippen LogP) is 3.57. The molecule has 0 saturated carbocycles. The van der Waals surface area contributed by atoms with Crippen molar-refractivity contribution in [3.63, 3.8) is 0 Å². The van der Waals surface area contributed by atoms with Crippen molar-refractivity contribution in [2.45, 2.75) is 23.8 Å². The highest BCUT2D eigenvalue weighted by atomic mass is 79.9. The van der Waals surface area contributed by atoms with E-state index in [1.54, 1.807) is 11.0 Å². The maximum atomic E-state index is 13.3. The summed E-state index contributed by atoms with van der Waals surface area (Å²) in [6, 6.07) is 12.0. The van der Waals surface area contributed by atoms with E-state index in [4.69, 9.17) is 0 Å². The average Bonchev–Trinajstić information content (AvgIpc) is 2.67. The molecule has 0 spiro atoms. The van der Waals surface area contributed by atoms with Crippen molar-refractivity contribution >= 4 is 37.9 Å². The fourth-order valence-electron chi connectivity index (χ4n) is 3.07. The van der Waals surface area contributed by atoms with Crippen LogP contribution in [0, 0.1) is 5.82 Å². The van der Waals surface area contributed by atoms with Crippen molar-refractivity contribution in [1.82, 2.24) is 9.62 Å². The van der Waals surface area contributed by atoms with E-state index in [1.807, 2.05) is 24.3 Å². The van der Waals surface area contributed by atoms with Gasteiger partial charge in [-0.3, -0.25) is 4.79 Å². The van der Waals surface area contributed by atoms with Crippen molar-refractivity contribution in [2.24, 2.45) is 0 Å². The summed E-state index contributed by atoms with van der Waals surface area (Å²) in [5.74, 6) is -0.786. The fraction of sp³-hybridized carbons (Fsp3) is 0.250. The van der Waals surface area contributed by atoms with Crippen molar-refractivity contribution in [3.05, 3.63) is 70.5 Å². The van der Waals surface area contributed by atoms with Gasteiger partial charge in [0, 0.05) is 29.7 Å². The maximum Gasteiger partial charge on any atom is 0.246 e. The van der Waals surface area contributed by atoms with Crippen LogP contribution in [0.5, 0.6) is 0 Å². The summed E-state index contributed by atoms with van der Waals surface area (Å²) in [6.07, 6.45) is 4.52. The first-order valence-corrected chi connectivity index (χ1v) is 11.1. The number of piperidine rings is 1. The van der Waals surface area contributed by atoms with Gasteiger partial charge in [-0.05, 0) is 48.7 Å². The standard InChI is InChI=1S/C20H20BrFN2O3S/c21-19-9-2-1-5-15(19)10-11-20(25)24-12-4-7-17(14-24)23-28(26,27)18-8-3-6-16(22)13-18/h1-3,5-6,8-11,13,17,23H,4,7,12,14H2/b11-10+. The second-order valence-corrected chi connectivity index (χ2v) is 9.13. The van der Waals surface area contributed by atoms with Crippen molar-refractivity contribution in [1.29, 1.82) is 0 Å². The summed E-state index contributed by atoms with van der Waals surface area (Å²) in [7, 11) is -3.84. The van der Waals surface area contributed by atoms with Gasteiger partial charge in [-0.25, -0.2) is 17.5 Å². The molecule has 1 saturated heterocycles. The molecule has 148 valence electrons. The third-order valence-corrected chi connectivity index (χ3v) is 6.71. The molecule has 0 radical (unpaired) electrons. The van der Waals surface area contributed by atoms with E-state index in [9.17, 15) is 17.6 Å². The molecule has 0 aliphatic carbocycles. The normalized spacial score (nSPS) is 17.8. The molecule has 1 amide bonds. The van der Waals surface area contributed by atoms with Gasteiger partial charge in [0.2, 0.25) is 15.9 Å². The molecule has 5 nitrogen and oxygen atoms in total. The van der Waals surface area contributed by atoms with Crippen LogP contribution in [0.4, 0.5) is 4.39 Å². The van der Waals surface area contributed by atoms with Crippen LogP contribution in [0.25, 0.3) is 6.08 Å². The largest absolute Gasteiger partial charge is 0.338 e. The lowest BCUT2D eigenvalue weighted by Gasteiger charge is -2.32. The Labute approximate surface area is 172 Å². The molecule has 1 aliphatic rings. The lowest BCUT2D eigenvalue weighted by atomic mass is 10.1. The Bertz CT molecular complexity index is 994. The highest BCUT2D eigenvalue weighted by Gasteiger charge is 2.27. The summed E-state index contributed by atoms with van der Waals surface area (Å²) in [5.41, 5.74) is 0.885. The minimum absolute atomic E-state index is 0.121. The van der Waals surface area contributed by atoms with Gasteiger partial charge >= 0.3 is 0 Å². The zero-order valence-electron chi connectivity index (χ0n) is 15.0. The van der Waals surface area contributed by atoms with Crippen LogP contribution in [0.15, 0.2) is 64.0 Å². The Hall–Kier alpha value is -2.03. The smallest absolute Gasteiger partial charge is 0.246 e. The fourth-order valence-corrected chi connectivity index (χ4v) is 4.78. The number of amides is 1. The number of nitrogens with zero attached hydrogens (tertiary/aromatic N) is 1. The molecule has 1 unspecified atom stereocenters. The first-order chi connectivity index (χ1) is 13.3. The number of halogens is 2. The maximum absolute atomic E-state index is 13.3. The molecule has 1 fully saturated rings. The van der Waals surface area contributed by atoms with Crippen molar-refractivity contribution in [3.8, 4) is 0 Å². The molecule has 1 atom stereocenters. The van der Waals surface area contributed by atoms with Crippen molar-refractivity contribution in [2.75, 3.05) is 13.1 Å². The summed E-state index contributed by atoms with van der Waals surface area (Å²) in [4.78, 5) is 14.0. The quantitative estimate of drug-likeness (QED) is 0.684. The Balaban J connectivity index is 1.65. The van der Waals surface area contributed by atoms with Gasteiger partial charge in [0.15, 0.2) is 0 Å².